The molecule has 0 saturated carbocycles. The molecule has 0 bridgehead atoms. The van der Waals surface area contributed by atoms with Gasteiger partial charge in [0.25, 0.3) is 0 Å². The van der Waals surface area contributed by atoms with Crippen LogP contribution >= 0.6 is 0 Å². The number of rotatable bonds is 5. The molecule has 1 aliphatic rings. The Hall–Kier alpha value is -3.62. The Morgan fingerprint density at radius 3 is 2.90 bits per heavy atom. The van der Waals surface area contributed by atoms with Crippen LogP contribution in [0.3, 0.4) is 0 Å². The molecule has 2 unspecified atom stereocenters. The van der Waals surface area contributed by atoms with Gasteiger partial charge in [-0.15, -0.1) is 0 Å². The molecule has 1 aromatic carbocycles. The van der Waals surface area contributed by atoms with Crippen LogP contribution < -0.4 is 10.2 Å². The molecule has 3 aromatic heterocycles. The standard InChI is InChI=1S/C22H24N6O3/c1-11(2)15-9-23-27-20(15)26-13-8-16(22(29)30)28(10-13)21-19-18(24-12(3)25-21)14-6-4-5-7-17(14)31-19/h4-7,9,11,13,16H,8,10H2,1-3H3,(H,29,30)(H2,23,26,27). The van der Waals surface area contributed by atoms with E-state index >= 15 is 0 Å². The Morgan fingerprint density at radius 2 is 2.13 bits per heavy atom. The normalized spacial score (nSPS) is 19.0. The number of aromatic amines is 1. The Morgan fingerprint density at radius 1 is 1.32 bits per heavy atom. The maximum absolute atomic E-state index is 12.1. The summed E-state index contributed by atoms with van der Waals surface area (Å²) in [5.74, 6) is 1.26. The minimum absolute atomic E-state index is 0.100. The lowest BCUT2D eigenvalue weighted by atomic mass is 10.1. The lowest BCUT2D eigenvalue weighted by molar-refractivity contribution is -0.138. The highest BCUT2D eigenvalue weighted by Crippen LogP contribution is 2.36. The van der Waals surface area contributed by atoms with Gasteiger partial charge in [-0.3, -0.25) is 5.10 Å². The van der Waals surface area contributed by atoms with E-state index in [1.54, 1.807) is 4.90 Å². The van der Waals surface area contributed by atoms with Crippen LogP contribution in [0.1, 0.15) is 37.6 Å². The summed E-state index contributed by atoms with van der Waals surface area (Å²) in [6.45, 7) is 6.47. The van der Waals surface area contributed by atoms with Crippen molar-refractivity contribution in [1.29, 1.82) is 0 Å². The SMILES string of the molecule is Cc1nc(N2CC(Nc3n[nH]cc3C(C)C)CC2C(=O)O)c2oc3ccccc3c2n1. The topological polar surface area (TPSA) is 120 Å². The lowest BCUT2D eigenvalue weighted by Gasteiger charge is -2.22. The van der Waals surface area contributed by atoms with Gasteiger partial charge in [-0.1, -0.05) is 26.0 Å². The van der Waals surface area contributed by atoms with E-state index in [4.69, 9.17) is 4.42 Å². The van der Waals surface area contributed by atoms with Crippen LogP contribution in [-0.4, -0.2) is 49.9 Å². The number of anilines is 2. The Labute approximate surface area is 178 Å². The molecular formula is C22H24N6O3. The van der Waals surface area contributed by atoms with Gasteiger partial charge in [0.05, 0.1) is 0 Å². The Bertz CT molecular complexity index is 1280. The van der Waals surface area contributed by atoms with Gasteiger partial charge in [0.2, 0.25) is 0 Å². The lowest BCUT2D eigenvalue weighted by Crippen LogP contribution is -2.37. The molecule has 9 heteroatoms. The third-order valence-electron chi connectivity index (χ3n) is 5.80. The molecular weight excluding hydrogens is 396 g/mol. The van der Waals surface area contributed by atoms with Crippen LogP contribution in [0.5, 0.6) is 0 Å². The van der Waals surface area contributed by atoms with Crippen LogP contribution in [0.2, 0.25) is 0 Å². The largest absolute Gasteiger partial charge is 0.480 e. The molecule has 2 atom stereocenters. The molecule has 4 aromatic rings. The maximum Gasteiger partial charge on any atom is 0.326 e. The predicted molar refractivity (Wildman–Crippen MR) is 118 cm³/mol. The first-order valence-electron chi connectivity index (χ1n) is 10.4. The number of carboxylic acids is 1. The number of H-pyrrole nitrogens is 1. The quantitative estimate of drug-likeness (QED) is 0.447. The van der Waals surface area contributed by atoms with Gasteiger partial charge in [-0.05, 0) is 25.0 Å². The number of furan rings is 1. The van der Waals surface area contributed by atoms with E-state index in [1.807, 2.05) is 37.4 Å². The number of carboxylic acid groups (broad SMARTS) is 1. The number of aliphatic carboxylic acids is 1. The molecule has 0 aliphatic carbocycles. The number of aryl methyl sites for hydroxylation is 1. The zero-order chi connectivity index (χ0) is 21.7. The van der Waals surface area contributed by atoms with Gasteiger partial charge in [0, 0.05) is 36.2 Å². The van der Waals surface area contributed by atoms with E-state index in [0.29, 0.717) is 47.2 Å². The predicted octanol–water partition coefficient (Wildman–Crippen LogP) is 3.67. The zero-order valence-corrected chi connectivity index (χ0v) is 17.6. The number of hydrogen-bond donors (Lipinski definition) is 3. The molecule has 0 spiro atoms. The highest BCUT2D eigenvalue weighted by atomic mass is 16.4. The second-order valence-corrected chi connectivity index (χ2v) is 8.30. The number of nitrogens with one attached hydrogen (secondary N) is 2. The zero-order valence-electron chi connectivity index (χ0n) is 17.6. The van der Waals surface area contributed by atoms with Crippen LogP contribution in [0.15, 0.2) is 34.9 Å². The number of hydrogen-bond acceptors (Lipinski definition) is 7. The summed E-state index contributed by atoms with van der Waals surface area (Å²) >= 11 is 0. The molecule has 4 heterocycles. The summed E-state index contributed by atoms with van der Waals surface area (Å²) in [7, 11) is 0. The first-order valence-corrected chi connectivity index (χ1v) is 10.4. The average Bonchev–Trinajstić information content (AvgIpc) is 3.44. The minimum atomic E-state index is -0.893. The number of aromatic nitrogens is 4. The van der Waals surface area contributed by atoms with E-state index in [-0.39, 0.29) is 6.04 Å². The summed E-state index contributed by atoms with van der Waals surface area (Å²) in [5.41, 5.74) is 3.00. The first kappa shape index (κ1) is 19.3. The van der Waals surface area contributed by atoms with Gasteiger partial charge < -0.3 is 19.7 Å². The Kier molecular flexibility index (Phi) is 4.53. The minimum Gasteiger partial charge on any atom is -0.480 e. The van der Waals surface area contributed by atoms with E-state index in [1.165, 1.54) is 0 Å². The van der Waals surface area contributed by atoms with Crippen molar-refractivity contribution in [3.8, 4) is 0 Å². The molecule has 0 amide bonds. The smallest absolute Gasteiger partial charge is 0.326 e. The molecule has 1 aliphatic heterocycles. The molecule has 0 radical (unpaired) electrons. The summed E-state index contributed by atoms with van der Waals surface area (Å²) < 4.78 is 6.07. The number of fused-ring (bicyclic) bond motifs is 3. The van der Waals surface area contributed by atoms with Gasteiger partial charge in [-0.25, -0.2) is 14.8 Å². The highest BCUT2D eigenvalue weighted by Gasteiger charge is 2.40. The van der Waals surface area contributed by atoms with Gasteiger partial charge in [0.1, 0.15) is 23.0 Å². The summed E-state index contributed by atoms with van der Waals surface area (Å²) in [5, 5.41) is 21.5. The third-order valence-corrected chi connectivity index (χ3v) is 5.80. The number of nitrogens with zero attached hydrogens (tertiary/aromatic N) is 4. The van der Waals surface area contributed by atoms with E-state index < -0.39 is 12.0 Å². The number of para-hydroxylation sites is 1. The Balaban J connectivity index is 1.55. The van der Waals surface area contributed by atoms with E-state index in [9.17, 15) is 9.90 Å². The molecule has 31 heavy (non-hydrogen) atoms. The summed E-state index contributed by atoms with van der Waals surface area (Å²) in [4.78, 5) is 23.1. The first-order chi connectivity index (χ1) is 14.9. The van der Waals surface area contributed by atoms with Crippen LogP contribution in [0.25, 0.3) is 22.1 Å². The van der Waals surface area contributed by atoms with Crippen molar-refractivity contribution in [3.63, 3.8) is 0 Å². The molecule has 160 valence electrons. The summed E-state index contributed by atoms with van der Waals surface area (Å²) in [6.07, 6.45) is 2.30. The number of benzene rings is 1. The van der Waals surface area contributed by atoms with Crippen molar-refractivity contribution in [2.45, 2.75) is 45.2 Å². The second kappa shape index (κ2) is 7.26. The van der Waals surface area contributed by atoms with Crippen molar-refractivity contribution in [1.82, 2.24) is 20.2 Å². The second-order valence-electron chi connectivity index (χ2n) is 8.30. The van der Waals surface area contributed by atoms with Crippen molar-refractivity contribution in [2.24, 2.45) is 0 Å². The van der Waals surface area contributed by atoms with Gasteiger partial charge >= 0.3 is 5.97 Å². The van der Waals surface area contributed by atoms with Crippen LogP contribution in [0.4, 0.5) is 11.6 Å². The highest BCUT2D eigenvalue weighted by molar-refractivity contribution is 6.06. The van der Waals surface area contributed by atoms with Crippen molar-refractivity contribution >= 4 is 39.7 Å². The molecule has 1 saturated heterocycles. The molecule has 5 rings (SSSR count). The fraction of sp³-hybridized carbons (Fsp3) is 0.364. The summed E-state index contributed by atoms with van der Waals surface area (Å²) in [6, 6.07) is 6.83. The number of carbonyl (C=O) groups is 1. The van der Waals surface area contributed by atoms with Crippen LogP contribution in [0, 0.1) is 6.92 Å². The fourth-order valence-electron chi connectivity index (χ4n) is 4.34. The molecule has 3 N–H and O–H groups in total. The molecule has 9 nitrogen and oxygen atoms in total. The fourth-order valence-corrected chi connectivity index (χ4v) is 4.34. The molecule has 1 fully saturated rings. The maximum atomic E-state index is 12.1. The average molecular weight is 420 g/mol. The van der Waals surface area contributed by atoms with Gasteiger partial charge in [-0.2, -0.15) is 5.10 Å². The van der Waals surface area contributed by atoms with Crippen LogP contribution in [-0.2, 0) is 4.79 Å². The van der Waals surface area contributed by atoms with E-state index in [0.717, 1.165) is 16.8 Å². The third kappa shape index (κ3) is 3.26. The van der Waals surface area contributed by atoms with Crippen molar-refractivity contribution in [2.75, 3.05) is 16.8 Å². The van der Waals surface area contributed by atoms with E-state index in [2.05, 4.69) is 39.3 Å². The van der Waals surface area contributed by atoms with Crippen molar-refractivity contribution < 1.29 is 14.3 Å². The monoisotopic (exact) mass is 420 g/mol. The van der Waals surface area contributed by atoms with Gasteiger partial charge in [0.15, 0.2) is 17.2 Å². The van der Waals surface area contributed by atoms with Crippen molar-refractivity contribution in [3.05, 3.63) is 41.9 Å².